The molecule has 3 rings (SSSR count). The number of nitrogens with zero attached hydrogens (tertiary/aromatic N) is 2. The maximum atomic E-state index is 12.4. The maximum absolute atomic E-state index is 12.4. The number of hydrogen-bond acceptors (Lipinski definition) is 6. The van der Waals surface area contributed by atoms with Gasteiger partial charge in [-0.05, 0) is 36.8 Å². The Kier molecular flexibility index (Phi) is 6.49. The highest BCUT2D eigenvalue weighted by Gasteiger charge is 2.28. The van der Waals surface area contributed by atoms with Crippen molar-refractivity contribution < 1.29 is 24.1 Å². The standard InChI is InChI=1S/C20H24N2O5/c1-2-25-18-4-3-10-21-20(18)27-17-9-11-22(12-17)19(24)14-26-16-7-5-15(13-23)6-8-16/h3-8,10,17,23H,2,9,11-14H2,1H3. The first-order valence-electron chi connectivity index (χ1n) is 9.04. The molecule has 1 aromatic heterocycles. The fraction of sp³-hybridized carbons (Fsp3) is 0.400. The van der Waals surface area contributed by atoms with Gasteiger partial charge in [-0.15, -0.1) is 0 Å². The van der Waals surface area contributed by atoms with E-state index in [9.17, 15) is 4.79 Å². The Morgan fingerprint density at radius 1 is 1.26 bits per heavy atom. The third-order valence-electron chi connectivity index (χ3n) is 4.28. The second kappa shape index (κ2) is 9.23. The molecule has 144 valence electrons. The molecule has 1 aliphatic heterocycles. The van der Waals surface area contributed by atoms with Gasteiger partial charge in [0.2, 0.25) is 0 Å². The number of aliphatic hydroxyl groups excluding tert-OH is 1. The molecule has 1 fully saturated rings. The maximum Gasteiger partial charge on any atom is 0.260 e. The lowest BCUT2D eigenvalue weighted by atomic mass is 10.2. The lowest BCUT2D eigenvalue weighted by Gasteiger charge is -2.18. The van der Waals surface area contributed by atoms with Gasteiger partial charge in [0.1, 0.15) is 11.9 Å². The summed E-state index contributed by atoms with van der Waals surface area (Å²) in [5.74, 6) is 1.58. The third-order valence-corrected chi connectivity index (χ3v) is 4.28. The average molecular weight is 372 g/mol. The first-order chi connectivity index (χ1) is 13.2. The lowest BCUT2D eigenvalue weighted by Crippen LogP contribution is -2.34. The molecule has 2 heterocycles. The number of hydrogen-bond donors (Lipinski definition) is 1. The molecule has 1 saturated heterocycles. The van der Waals surface area contributed by atoms with Crippen LogP contribution in [0.4, 0.5) is 0 Å². The van der Waals surface area contributed by atoms with E-state index >= 15 is 0 Å². The summed E-state index contributed by atoms with van der Waals surface area (Å²) in [7, 11) is 0. The number of rotatable bonds is 8. The molecule has 0 bridgehead atoms. The number of carbonyl (C=O) groups excluding carboxylic acids is 1. The van der Waals surface area contributed by atoms with Crippen LogP contribution in [0.25, 0.3) is 0 Å². The van der Waals surface area contributed by atoms with Gasteiger partial charge in [-0.1, -0.05) is 12.1 Å². The minimum absolute atomic E-state index is 0.0182. The summed E-state index contributed by atoms with van der Waals surface area (Å²) in [5.41, 5.74) is 0.800. The van der Waals surface area contributed by atoms with Crippen LogP contribution in [-0.2, 0) is 11.4 Å². The summed E-state index contributed by atoms with van der Waals surface area (Å²) in [6.45, 7) is 3.51. The van der Waals surface area contributed by atoms with Crippen molar-refractivity contribution in [1.82, 2.24) is 9.88 Å². The second-order valence-corrected chi connectivity index (χ2v) is 6.20. The number of aliphatic hydroxyl groups is 1. The molecule has 0 aliphatic carbocycles. The Balaban J connectivity index is 1.49. The van der Waals surface area contributed by atoms with E-state index in [0.29, 0.717) is 37.1 Å². The molecule has 7 nitrogen and oxygen atoms in total. The zero-order valence-electron chi connectivity index (χ0n) is 15.3. The predicted molar refractivity (Wildman–Crippen MR) is 98.9 cm³/mol. The molecule has 1 atom stereocenters. The Morgan fingerprint density at radius 3 is 2.81 bits per heavy atom. The topological polar surface area (TPSA) is 81.1 Å². The summed E-state index contributed by atoms with van der Waals surface area (Å²) in [5, 5.41) is 9.04. The van der Waals surface area contributed by atoms with Gasteiger partial charge in [0.15, 0.2) is 12.4 Å². The van der Waals surface area contributed by atoms with E-state index in [2.05, 4.69) is 4.98 Å². The predicted octanol–water partition coefficient (Wildman–Crippen LogP) is 2.03. The van der Waals surface area contributed by atoms with Gasteiger partial charge in [0.05, 0.1) is 19.8 Å². The normalized spacial score (nSPS) is 16.2. The van der Waals surface area contributed by atoms with Gasteiger partial charge < -0.3 is 24.2 Å². The number of pyridine rings is 1. The Hall–Kier alpha value is -2.80. The highest BCUT2D eigenvalue weighted by molar-refractivity contribution is 5.78. The molecular weight excluding hydrogens is 348 g/mol. The van der Waals surface area contributed by atoms with Gasteiger partial charge >= 0.3 is 0 Å². The van der Waals surface area contributed by atoms with Crippen LogP contribution in [0.5, 0.6) is 17.4 Å². The van der Waals surface area contributed by atoms with Crippen LogP contribution in [0.1, 0.15) is 18.9 Å². The Morgan fingerprint density at radius 2 is 2.07 bits per heavy atom. The van der Waals surface area contributed by atoms with Gasteiger partial charge in [0.25, 0.3) is 11.8 Å². The molecule has 0 saturated carbocycles. The zero-order chi connectivity index (χ0) is 19.1. The highest BCUT2D eigenvalue weighted by Crippen LogP contribution is 2.26. The van der Waals surface area contributed by atoms with E-state index in [1.165, 1.54) is 0 Å². The van der Waals surface area contributed by atoms with E-state index < -0.39 is 0 Å². The van der Waals surface area contributed by atoms with Crippen LogP contribution in [0.3, 0.4) is 0 Å². The molecular formula is C20H24N2O5. The number of amides is 1. The lowest BCUT2D eigenvalue weighted by molar-refractivity contribution is -0.132. The van der Waals surface area contributed by atoms with E-state index in [1.807, 2.05) is 13.0 Å². The fourth-order valence-corrected chi connectivity index (χ4v) is 2.87. The van der Waals surface area contributed by atoms with Gasteiger partial charge in [-0.2, -0.15) is 0 Å². The summed E-state index contributed by atoms with van der Waals surface area (Å²) in [6.07, 6.45) is 2.27. The molecule has 1 aromatic carbocycles. The summed E-state index contributed by atoms with van der Waals surface area (Å²) >= 11 is 0. The number of aromatic nitrogens is 1. The summed E-state index contributed by atoms with van der Waals surface area (Å²) in [6, 6.07) is 10.6. The van der Waals surface area contributed by atoms with Crippen molar-refractivity contribution in [2.75, 3.05) is 26.3 Å². The van der Waals surface area contributed by atoms with Crippen LogP contribution in [-0.4, -0.2) is 53.3 Å². The largest absolute Gasteiger partial charge is 0.488 e. The van der Waals surface area contributed by atoms with Gasteiger partial charge in [-0.3, -0.25) is 4.79 Å². The van der Waals surface area contributed by atoms with E-state index in [0.717, 1.165) is 12.0 Å². The third kappa shape index (κ3) is 5.10. The molecule has 1 amide bonds. The first-order valence-corrected chi connectivity index (χ1v) is 9.04. The van der Waals surface area contributed by atoms with Crippen molar-refractivity contribution in [3.63, 3.8) is 0 Å². The number of benzene rings is 1. The summed E-state index contributed by atoms with van der Waals surface area (Å²) < 4.78 is 17.0. The van der Waals surface area contributed by atoms with Gasteiger partial charge in [0, 0.05) is 19.2 Å². The Labute approximate surface area is 158 Å². The molecule has 1 unspecified atom stereocenters. The van der Waals surface area contributed by atoms with Crippen LogP contribution in [0.2, 0.25) is 0 Å². The van der Waals surface area contributed by atoms with E-state index in [1.54, 1.807) is 41.4 Å². The average Bonchev–Trinajstić information content (AvgIpc) is 3.17. The number of carbonyl (C=O) groups is 1. The smallest absolute Gasteiger partial charge is 0.260 e. The van der Waals surface area contributed by atoms with Crippen molar-refractivity contribution in [3.8, 4) is 17.4 Å². The quantitative estimate of drug-likeness (QED) is 0.764. The van der Waals surface area contributed by atoms with Crippen molar-refractivity contribution in [2.24, 2.45) is 0 Å². The molecule has 27 heavy (non-hydrogen) atoms. The Bertz CT molecular complexity index is 750. The SMILES string of the molecule is CCOc1cccnc1OC1CCN(C(=O)COc2ccc(CO)cc2)C1. The highest BCUT2D eigenvalue weighted by atomic mass is 16.5. The van der Waals surface area contributed by atoms with E-state index in [4.69, 9.17) is 19.3 Å². The summed E-state index contributed by atoms with van der Waals surface area (Å²) in [4.78, 5) is 18.3. The molecule has 1 aliphatic rings. The second-order valence-electron chi connectivity index (χ2n) is 6.20. The molecule has 1 N–H and O–H groups in total. The first kappa shape index (κ1) is 19.0. The minimum Gasteiger partial charge on any atom is -0.488 e. The molecule has 0 spiro atoms. The van der Waals surface area contributed by atoms with Gasteiger partial charge in [-0.25, -0.2) is 4.98 Å². The number of likely N-dealkylation sites (tertiary alicyclic amines) is 1. The molecule has 2 aromatic rings. The molecule has 0 radical (unpaired) electrons. The van der Waals surface area contributed by atoms with Crippen LogP contribution in [0, 0.1) is 0 Å². The van der Waals surface area contributed by atoms with Crippen LogP contribution < -0.4 is 14.2 Å². The van der Waals surface area contributed by atoms with Crippen molar-refractivity contribution in [2.45, 2.75) is 26.1 Å². The minimum atomic E-state index is -0.119. The van der Waals surface area contributed by atoms with E-state index in [-0.39, 0.29) is 25.2 Å². The fourth-order valence-electron chi connectivity index (χ4n) is 2.87. The van der Waals surface area contributed by atoms with Crippen LogP contribution in [0.15, 0.2) is 42.6 Å². The number of ether oxygens (including phenoxy) is 3. The van der Waals surface area contributed by atoms with Crippen LogP contribution >= 0.6 is 0 Å². The van der Waals surface area contributed by atoms with Crippen molar-refractivity contribution in [3.05, 3.63) is 48.2 Å². The van der Waals surface area contributed by atoms with Crippen molar-refractivity contribution >= 4 is 5.91 Å². The molecule has 7 heteroatoms. The monoisotopic (exact) mass is 372 g/mol. The zero-order valence-corrected chi connectivity index (χ0v) is 15.3. The van der Waals surface area contributed by atoms with Crippen molar-refractivity contribution in [1.29, 1.82) is 0 Å².